The molecule has 1 heterocycles. The average Bonchev–Trinajstić information content (AvgIpc) is 2.55. The van der Waals surface area contributed by atoms with E-state index in [1.807, 2.05) is 31.2 Å². The Morgan fingerprint density at radius 1 is 0.852 bits per heavy atom. The van der Waals surface area contributed by atoms with Crippen LogP contribution in [0.1, 0.15) is 33.3 Å². The van der Waals surface area contributed by atoms with Crippen molar-refractivity contribution in [2.24, 2.45) is 0 Å². The van der Waals surface area contributed by atoms with Crippen LogP contribution in [0.2, 0.25) is 0 Å². The monoisotopic (exact) mass is 396 g/mol. The molecule has 0 aliphatic carbocycles. The molecule has 1 aliphatic heterocycles. The molecule has 0 aromatic heterocycles. The Balaban J connectivity index is 2.33. The molecular weight excluding hydrogens is 372 g/mol. The van der Waals surface area contributed by atoms with Crippen molar-refractivity contribution in [3.8, 4) is 0 Å². The minimum Gasteiger partial charge on any atom is -0.456 e. The highest BCUT2D eigenvalue weighted by Crippen LogP contribution is 2.37. The maximum atomic E-state index is 11.7. The van der Waals surface area contributed by atoms with Crippen molar-refractivity contribution in [1.82, 2.24) is 0 Å². The van der Waals surface area contributed by atoms with E-state index in [0.29, 0.717) is 0 Å². The van der Waals surface area contributed by atoms with Crippen molar-refractivity contribution in [2.75, 3.05) is 0 Å². The minimum absolute atomic E-state index is 0.543. The van der Waals surface area contributed by atoms with Crippen molar-refractivity contribution >= 4 is 29.7 Å². The fraction of sp³-hybridized carbons (Fsp3) is 0.526. The molecule has 0 radical (unpaired) electrons. The molecule has 1 fully saturated rings. The lowest BCUT2D eigenvalue weighted by molar-refractivity contribution is -0.229. The number of aryl methyl sites for hydroxylation is 1. The second kappa shape index (κ2) is 9.23. The van der Waals surface area contributed by atoms with Gasteiger partial charge in [0.2, 0.25) is 0 Å². The SMILES string of the molecule is CC(=O)O[C@@H]1[C@@H](OC(C)=O)[C@H](C)O[C@H](Sc2ccc(C)cc2)[C@H]1OC(C)=O. The third-order valence-electron chi connectivity index (χ3n) is 3.91. The van der Waals surface area contributed by atoms with Gasteiger partial charge in [0.1, 0.15) is 5.44 Å². The van der Waals surface area contributed by atoms with E-state index in [0.717, 1.165) is 10.5 Å². The highest BCUT2D eigenvalue weighted by atomic mass is 32.2. The van der Waals surface area contributed by atoms with Gasteiger partial charge in [0.05, 0.1) is 6.10 Å². The first-order valence-corrected chi connectivity index (χ1v) is 9.45. The molecule has 0 saturated carbocycles. The number of thioether (sulfide) groups is 1. The van der Waals surface area contributed by atoms with Gasteiger partial charge in [0.25, 0.3) is 0 Å². The first kappa shape index (κ1) is 21.2. The molecule has 5 atom stereocenters. The predicted octanol–water partition coefficient (Wildman–Crippen LogP) is 2.63. The number of esters is 3. The molecule has 1 aromatic rings. The summed E-state index contributed by atoms with van der Waals surface area (Å²) in [4.78, 5) is 35.7. The van der Waals surface area contributed by atoms with Crippen molar-refractivity contribution in [3.05, 3.63) is 29.8 Å². The van der Waals surface area contributed by atoms with Gasteiger partial charge in [0, 0.05) is 25.7 Å². The number of hydrogen-bond donors (Lipinski definition) is 0. The van der Waals surface area contributed by atoms with Crippen LogP contribution in [0.3, 0.4) is 0 Å². The summed E-state index contributed by atoms with van der Waals surface area (Å²) in [5, 5.41) is 0. The summed E-state index contributed by atoms with van der Waals surface area (Å²) in [5.74, 6) is -1.66. The highest BCUT2D eigenvalue weighted by Gasteiger charge is 2.50. The van der Waals surface area contributed by atoms with E-state index < -0.39 is 47.8 Å². The zero-order chi connectivity index (χ0) is 20.1. The summed E-state index contributed by atoms with van der Waals surface area (Å²) < 4.78 is 22.1. The van der Waals surface area contributed by atoms with E-state index >= 15 is 0 Å². The normalized spacial score (nSPS) is 27.5. The molecule has 8 heteroatoms. The number of carbonyl (C=O) groups excluding carboxylic acids is 3. The van der Waals surface area contributed by atoms with E-state index in [9.17, 15) is 14.4 Å². The zero-order valence-electron chi connectivity index (χ0n) is 16.0. The van der Waals surface area contributed by atoms with Crippen molar-refractivity contribution < 1.29 is 33.3 Å². The molecule has 1 aliphatic rings. The van der Waals surface area contributed by atoms with Gasteiger partial charge in [-0.25, -0.2) is 0 Å². The number of carbonyl (C=O) groups is 3. The van der Waals surface area contributed by atoms with E-state index in [1.165, 1.54) is 32.5 Å². The van der Waals surface area contributed by atoms with Gasteiger partial charge >= 0.3 is 17.9 Å². The summed E-state index contributed by atoms with van der Waals surface area (Å²) >= 11 is 1.35. The summed E-state index contributed by atoms with van der Waals surface area (Å²) in [5.41, 5.74) is 0.476. The number of rotatable bonds is 5. The fourth-order valence-electron chi connectivity index (χ4n) is 2.82. The fourth-order valence-corrected chi connectivity index (χ4v) is 3.95. The summed E-state index contributed by atoms with van der Waals surface area (Å²) in [6.45, 7) is 7.47. The smallest absolute Gasteiger partial charge is 0.303 e. The van der Waals surface area contributed by atoms with Crippen LogP contribution in [0.15, 0.2) is 29.2 Å². The average molecular weight is 396 g/mol. The Morgan fingerprint density at radius 2 is 1.33 bits per heavy atom. The summed E-state index contributed by atoms with van der Waals surface area (Å²) in [7, 11) is 0. The van der Waals surface area contributed by atoms with Gasteiger partial charge in [-0.2, -0.15) is 0 Å². The molecule has 0 amide bonds. The first-order valence-electron chi connectivity index (χ1n) is 8.58. The van der Waals surface area contributed by atoms with E-state index in [-0.39, 0.29) is 0 Å². The second-order valence-electron chi connectivity index (χ2n) is 6.36. The molecule has 0 spiro atoms. The largest absolute Gasteiger partial charge is 0.456 e. The minimum atomic E-state index is -0.970. The third-order valence-corrected chi connectivity index (χ3v) is 5.06. The maximum absolute atomic E-state index is 11.7. The second-order valence-corrected chi connectivity index (χ2v) is 7.53. The van der Waals surface area contributed by atoms with Gasteiger partial charge in [-0.05, 0) is 26.0 Å². The Bertz CT molecular complexity index is 688. The standard InChI is InChI=1S/C19H24O7S/c1-10-6-8-15(9-7-10)27-19-18(26-14(5)22)17(25-13(4)21)16(11(2)23-19)24-12(3)20/h6-9,11,16-19H,1-5H3/t11-,16-,17+,18-,19+/m0/s1. The molecule has 7 nitrogen and oxygen atoms in total. The van der Waals surface area contributed by atoms with Crippen LogP contribution in [0, 0.1) is 6.92 Å². The van der Waals surface area contributed by atoms with Crippen LogP contribution >= 0.6 is 11.8 Å². The first-order chi connectivity index (χ1) is 12.7. The molecule has 0 N–H and O–H groups in total. The summed E-state index contributed by atoms with van der Waals surface area (Å²) in [6, 6.07) is 7.77. The molecule has 1 saturated heterocycles. The topological polar surface area (TPSA) is 88.1 Å². The molecule has 2 rings (SSSR count). The lowest BCUT2D eigenvalue weighted by Crippen LogP contribution is -2.59. The molecule has 27 heavy (non-hydrogen) atoms. The van der Waals surface area contributed by atoms with Crippen molar-refractivity contribution in [2.45, 2.75) is 69.4 Å². The lowest BCUT2D eigenvalue weighted by atomic mass is 10.00. The van der Waals surface area contributed by atoms with Crippen LogP contribution in [0.5, 0.6) is 0 Å². The van der Waals surface area contributed by atoms with Crippen LogP contribution in [0.4, 0.5) is 0 Å². The Kier molecular flexibility index (Phi) is 7.26. The van der Waals surface area contributed by atoms with E-state index in [2.05, 4.69) is 0 Å². The maximum Gasteiger partial charge on any atom is 0.303 e. The Hall–Kier alpha value is -2.06. The molecule has 0 unspecified atom stereocenters. The summed E-state index contributed by atoms with van der Waals surface area (Å²) in [6.07, 6.45) is -3.35. The number of hydrogen-bond acceptors (Lipinski definition) is 8. The zero-order valence-corrected chi connectivity index (χ0v) is 16.8. The third kappa shape index (κ3) is 5.97. The molecule has 148 valence electrons. The van der Waals surface area contributed by atoms with Gasteiger partial charge < -0.3 is 18.9 Å². The quantitative estimate of drug-likeness (QED) is 0.554. The van der Waals surface area contributed by atoms with Gasteiger partial charge in [-0.15, -0.1) is 0 Å². The van der Waals surface area contributed by atoms with E-state index in [1.54, 1.807) is 6.92 Å². The van der Waals surface area contributed by atoms with Crippen LogP contribution in [0.25, 0.3) is 0 Å². The number of benzene rings is 1. The van der Waals surface area contributed by atoms with Gasteiger partial charge in [-0.1, -0.05) is 29.5 Å². The van der Waals surface area contributed by atoms with Gasteiger partial charge in [-0.3, -0.25) is 14.4 Å². The van der Waals surface area contributed by atoms with Gasteiger partial charge in [0.15, 0.2) is 18.3 Å². The Morgan fingerprint density at radius 3 is 1.85 bits per heavy atom. The van der Waals surface area contributed by atoms with Crippen LogP contribution in [-0.4, -0.2) is 47.8 Å². The highest BCUT2D eigenvalue weighted by molar-refractivity contribution is 7.99. The van der Waals surface area contributed by atoms with Crippen LogP contribution < -0.4 is 0 Å². The lowest BCUT2D eigenvalue weighted by Gasteiger charge is -2.43. The molecule has 0 bridgehead atoms. The predicted molar refractivity (Wildman–Crippen MR) is 98.0 cm³/mol. The van der Waals surface area contributed by atoms with Crippen molar-refractivity contribution in [3.63, 3.8) is 0 Å². The number of ether oxygens (including phenoxy) is 4. The van der Waals surface area contributed by atoms with Crippen LogP contribution in [-0.2, 0) is 33.3 Å². The van der Waals surface area contributed by atoms with Crippen molar-refractivity contribution in [1.29, 1.82) is 0 Å². The molecule has 1 aromatic carbocycles. The Labute approximate surface area is 162 Å². The molecular formula is C19H24O7S. The van der Waals surface area contributed by atoms with E-state index in [4.69, 9.17) is 18.9 Å².